The lowest BCUT2D eigenvalue weighted by molar-refractivity contribution is 0.244. The number of amides is 2. The molecule has 5 heteroatoms. The van der Waals surface area contributed by atoms with Crippen LogP contribution in [-0.2, 0) is 0 Å². The van der Waals surface area contributed by atoms with Crippen LogP contribution in [0.15, 0.2) is 53.1 Å². The monoisotopic (exact) mass is 333 g/mol. The number of fused-ring (bicyclic) bond motifs is 1. The van der Waals surface area contributed by atoms with Gasteiger partial charge in [0.2, 0.25) is 0 Å². The van der Waals surface area contributed by atoms with Crippen LogP contribution in [0.3, 0.4) is 0 Å². The third-order valence-electron chi connectivity index (χ3n) is 4.73. The van der Waals surface area contributed by atoms with Crippen molar-refractivity contribution in [3.8, 4) is 11.1 Å². The van der Waals surface area contributed by atoms with Crippen molar-refractivity contribution in [2.24, 2.45) is 0 Å². The van der Waals surface area contributed by atoms with E-state index in [1.54, 1.807) is 11.9 Å². The minimum Gasteiger partial charge on any atom is -0.361 e. The molecule has 0 radical (unpaired) electrons. The highest BCUT2D eigenvalue weighted by molar-refractivity contribution is 5.96. The maximum Gasteiger partial charge on any atom is 0.322 e. The number of benzene rings is 2. The van der Waals surface area contributed by atoms with Crippen molar-refractivity contribution in [2.45, 2.75) is 19.9 Å². The van der Waals surface area contributed by atoms with E-state index < -0.39 is 0 Å². The molecule has 126 valence electrons. The minimum atomic E-state index is -0.180. The Balaban J connectivity index is 1.90. The average molecular weight is 333 g/mol. The molecule has 1 atom stereocenters. The van der Waals surface area contributed by atoms with Crippen molar-refractivity contribution in [1.29, 1.82) is 0 Å². The van der Waals surface area contributed by atoms with Gasteiger partial charge in [-0.2, -0.15) is 0 Å². The van der Waals surface area contributed by atoms with Crippen molar-refractivity contribution in [3.05, 3.63) is 71.1 Å². The summed E-state index contributed by atoms with van der Waals surface area (Å²) in [5.74, 6) is 0.793. The number of nitrogens with one attached hydrogen (secondary N) is 1. The zero-order valence-electron chi connectivity index (χ0n) is 14.4. The molecule has 4 rings (SSSR count). The van der Waals surface area contributed by atoms with Gasteiger partial charge in [-0.3, -0.25) is 4.90 Å². The third-order valence-corrected chi connectivity index (χ3v) is 4.73. The predicted molar refractivity (Wildman–Crippen MR) is 96.6 cm³/mol. The van der Waals surface area contributed by atoms with Crippen molar-refractivity contribution in [2.75, 3.05) is 11.9 Å². The third kappa shape index (κ3) is 2.48. The lowest BCUT2D eigenvalue weighted by atomic mass is 9.91. The molecular formula is C20H19N3O2. The van der Waals surface area contributed by atoms with E-state index >= 15 is 0 Å². The number of hydrogen-bond donors (Lipinski definition) is 1. The number of rotatable bonds is 2. The van der Waals surface area contributed by atoms with Crippen LogP contribution in [0.1, 0.15) is 28.6 Å². The molecule has 1 N–H and O–H groups in total. The molecule has 1 aliphatic heterocycles. The molecule has 3 aromatic rings. The smallest absolute Gasteiger partial charge is 0.322 e. The summed E-state index contributed by atoms with van der Waals surface area (Å²) in [7, 11) is 1.78. The van der Waals surface area contributed by atoms with Gasteiger partial charge in [0.25, 0.3) is 0 Å². The Labute approximate surface area is 146 Å². The number of aromatic nitrogens is 1. The SMILES string of the molecule is Cc1noc(C)c1-c1ccc2c(c1)[C@H](c1ccccc1)NC(=O)N2C. The van der Waals surface area contributed by atoms with E-state index in [0.29, 0.717) is 0 Å². The molecule has 2 aromatic carbocycles. The molecule has 2 heterocycles. The Morgan fingerprint density at radius 2 is 1.88 bits per heavy atom. The van der Waals surface area contributed by atoms with Gasteiger partial charge >= 0.3 is 6.03 Å². The van der Waals surface area contributed by atoms with Gasteiger partial charge in [0.1, 0.15) is 5.76 Å². The lowest BCUT2D eigenvalue weighted by Gasteiger charge is -2.33. The molecule has 1 aliphatic rings. The highest BCUT2D eigenvalue weighted by atomic mass is 16.5. The van der Waals surface area contributed by atoms with Crippen LogP contribution < -0.4 is 10.2 Å². The van der Waals surface area contributed by atoms with Crippen molar-refractivity contribution in [1.82, 2.24) is 10.5 Å². The quantitative estimate of drug-likeness (QED) is 0.764. The maximum absolute atomic E-state index is 12.4. The summed E-state index contributed by atoms with van der Waals surface area (Å²) >= 11 is 0. The first kappa shape index (κ1) is 15.4. The van der Waals surface area contributed by atoms with E-state index in [9.17, 15) is 4.79 Å². The Bertz CT molecular complexity index is 927. The Morgan fingerprint density at radius 1 is 1.12 bits per heavy atom. The van der Waals surface area contributed by atoms with E-state index in [1.165, 1.54) is 0 Å². The van der Waals surface area contributed by atoms with Crippen molar-refractivity contribution < 1.29 is 9.32 Å². The number of aryl methyl sites for hydroxylation is 2. The molecule has 1 aromatic heterocycles. The second-order valence-corrected chi connectivity index (χ2v) is 6.32. The average Bonchev–Trinajstić information content (AvgIpc) is 2.97. The number of anilines is 1. The number of carbonyl (C=O) groups is 1. The first-order valence-corrected chi connectivity index (χ1v) is 8.22. The second-order valence-electron chi connectivity index (χ2n) is 6.32. The van der Waals surface area contributed by atoms with Gasteiger partial charge in [-0.1, -0.05) is 41.6 Å². The summed E-state index contributed by atoms with van der Waals surface area (Å²) < 4.78 is 5.31. The van der Waals surface area contributed by atoms with E-state index in [4.69, 9.17) is 4.52 Å². The summed E-state index contributed by atoms with van der Waals surface area (Å²) in [6.07, 6.45) is 0. The molecule has 0 fully saturated rings. The number of hydrogen-bond acceptors (Lipinski definition) is 3. The van der Waals surface area contributed by atoms with Crippen LogP contribution in [0, 0.1) is 13.8 Å². The number of urea groups is 1. The largest absolute Gasteiger partial charge is 0.361 e. The van der Waals surface area contributed by atoms with Gasteiger partial charge in [0, 0.05) is 18.2 Å². The van der Waals surface area contributed by atoms with Gasteiger partial charge < -0.3 is 9.84 Å². The molecule has 0 unspecified atom stereocenters. The van der Waals surface area contributed by atoms with Gasteiger partial charge in [-0.25, -0.2) is 4.79 Å². The summed E-state index contributed by atoms with van der Waals surface area (Å²) in [4.78, 5) is 14.0. The number of carbonyl (C=O) groups excluding carboxylic acids is 1. The fourth-order valence-corrected chi connectivity index (χ4v) is 3.46. The molecule has 2 amide bonds. The molecular weight excluding hydrogens is 314 g/mol. The molecule has 0 spiro atoms. The van der Waals surface area contributed by atoms with Crippen LogP contribution in [0.25, 0.3) is 11.1 Å². The maximum atomic E-state index is 12.4. The Hall–Kier alpha value is -3.08. The topological polar surface area (TPSA) is 58.4 Å². The highest BCUT2D eigenvalue weighted by Crippen LogP contribution is 2.38. The van der Waals surface area contributed by atoms with Gasteiger partial charge in [-0.15, -0.1) is 0 Å². The summed E-state index contributed by atoms with van der Waals surface area (Å²) in [5.41, 5.74) is 5.94. The summed E-state index contributed by atoms with van der Waals surface area (Å²) in [6, 6.07) is 15.8. The van der Waals surface area contributed by atoms with Crippen LogP contribution in [0.5, 0.6) is 0 Å². The molecule has 0 bridgehead atoms. The lowest BCUT2D eigenvalue weighted by Crippen LogP contribution is -2.44. The van der Waals surface area contributed by atoms with Gasteiger partial charge in [0.05, 0.1) is 17.4 Å². The van der Waals surface area contributed by atoms with Crippen molar-refractivity contribution >= 4 is 11.7 Å². The van der Waals surface area contributed by atoms with Gasteiger partial charge in [-0.05, 0) is 37.1 Å². The highest BCUT2D eigenvalue weighted by Gasteiger charge is 2.30. The normalized spacial score (nSPS) is 16.5. The Morgan fingerprint density at radius 3 is 2.56 bits per heavy atom. The Kier molecular flexibility index (Phi) is 3.57. The summed E-state index contributed by atoms with van der Waals surface area (Å²) in [6.45, 7) is 3.85. The zero-order chi connectivity index (χ0) is 17.6. The number of nitrogens with zero attached hydrogens (tertiary/aromatic N) is 2. The van der Waals surface area contributed by atoms with Crippen LogP contribution in [0.4, 0.5) is 10.5 Å². The van der Waals surface area contributed by atoms with Gasteiger partial charge in [0.15, 0.2) is 0 Å². The second kappa shape index (κ2) is 5.77. The molecule has 0 saturated carbocycles. The first-order valence-electron chi connectivity index (χ1n) is 8.22. The van der Waals surface area contributed by atoms with Crippen LogP contribution >= 0.6 is 0 Å². The molecule has 25 heavy (non-hydrogen) atoms. The van der Waals surface area contributed by atoms with E-state index in [2.05, 4.69) is 16.5 Å². The molecule has 0 saturated heterocycles. The molecule has 5 nitrogen and oxygen atoms in total. The van der Waals surface area contributed by atoms with Crippen LogP contribution in [0.2, 0.25) is 0 Å². The minimum absolute atomic E-state index is 0.105. The first-order chi connectivity index (χ1) is 12.1. The van der Waals surface area contributed by atoms with E-state index in [-0.39, 0.29) is 12.1 Å². The van der Waals surface area contributed by atoms with Crippen LogP contribution in [-0.4, -0.2) is 18.2 Å². The van der Waals surface area contributed by atoms with Crippen molar-refractivity contribution in [3.63, 3.8) is 0 Å². The van der Waals surface area contributed by atoms with E-state index in [0.717, 1.165) is 39.4 Å². The standard InChI is InChI=1S/C20H19N3O2/c1-12-18(13(2)25-22-12)15-9-10-17-16(11-15)19(21-20(24)23(17)3)14-7-5-4-6-8-14/h4-11,19H,1-3H3,(H,21,24)/t19-/m0/s1. The fourth-order valence-electron chi connectivity index (χ4n) is 3.46. The van der Waals surface area contributed by atoms with E-state index in [1.807, 2.05) is 56.3 Å². The zero-order valence-corrected chi connectivity index (χ0v) is 14.4. The predicted octanol–water partition coefficient (Wildman–Crippen LogP) is 4.21. The summed E-state index contributed by atoms with van der Waals surface area (Å²) in [5, 5.41) is 7.14. The molecule has 0 aliphatic carbocycles. The fraction of sp³-hybridized carbons (Fsp3) is 0.200.